The van der Waals surface area contributed by atoms with E-state index >= 15 is 0 Å². The van der Waals surface area contributed by atoms with Gasteiger partial charge in [0.05, 0.1) is 16.9 Å². The van der Waals surface area contributed by atoms with Crippen LogP contribution in [0.4, 0.5) is 11.4 Å². The summed E-state index contributed by atoms with van der Waals surface area (Å²) in [5.74, 6) is 0. The number of nitrogens with one attached hydrogen (secondary N) is 2. The maximum Gasteiger partial charge on any atom is 0.494 e. The Bertz CT molecular complexity index is 1050. The molecular weight excluding hydrogens is 371 g/mol. The van der Waals surface area contributed by atoms with Crippen molar-refractivity contribution < 1.29 is 9.31 Å². The van der Waals surface area contributed by atoms with Crippen molar-refractivity contribution >= 4 is 29.7 Å². The average molecular weight is 398 g/mol. The molecular formula is C25H27BN2O2. The zero-order chi connectivity index (χ0) is 21.4. The molecule has 1 fully saturated rings. The fraction of sp³-hybridized carbons (Fsp3) is 0.240. The average Bonchev–Trinajstić information content (AvgIpc) is 2.96. The first-order valence-electron chi connectivity index (χ1n) is 10.2. The molecule has 4 rings (SSSR count). The van der Waals surface area contributed by atoms with Gasteiger partial charge in [-0.05, 0) is 56.9 Å². The third-order valence-corrected chi connectivity index (χ3v) is 5.95. The van der Waals surface area contributed by atoms with Crippen molar-refractivity contribution in [2.24, 2.45) is 0 Å². The molecule has 0 bridgehead atoms. The van der Waals surface area contributed by atoms with Crippen LogP contribution in [0.5, 0.6) is 0 Å². The summed E-state index contributed by atoms with van der Waals surface area (Å²) in [6, 6.07) is 25.8. The van der Waals surface area contributed by atoms with Gasteiger partial charge < -0.3 is 14.6 Å². The van der Waals surface area contributed by atoms with E-state index in [0.717, 1.165) is 28.0 Å². The molecule has 5 heteroatoms. The van der Waals surface area contributed by atoms with Crippen LogP contribution >= 0.6 is 0 Å². The van der Waals surface area contributed by atoms with Crippen LogP contribution < -0.4 is 10.8 Å². The summed E-state index contributed by atoms with van der Waals surface area (Å²) in [6.45, 7) is 8.18. The van der Waals surface area contributed by atoms with Crippen molar-refractivity contribution in [3.8, 4) is 0 Å². The van der Waals surface area contributed by atoms with Crippen molar-refractivity contribution in [1.29, 1.82) is 5.41 Å². The number of para-hydroxylation sites is 2. The number of hydrogen-bond acceptors (Lipinski definition) is 4. The van der Waals surface area contributed by atoms with Gasteiger partial charge in [-0.3, -0.25) is 5.41 Å². The van der Waals surface area contributed by atoms with Crippen LogP contribution in [0.15, 0.2) is 78.9 Å². The standard InChI is InChI=1S/C25H27BN2O2/c1-24(2)25(3,4)30-26(29-24)19-12-10-11-18(17-19)23(27)21-15-8-9-16-22(21)28-20-13-6-5-7-14-20/h5-17,27-28H,1-4H3. The van der Waals surface area contributed by atoms with E-state index in [0.29, 0.717) is 5.71 Å². The third kappa shape index (κ3) is 3.91. The Hall–Kier alpha value is -2.89. The van der Waals surface area contributed by atoms with Crippen LogP contribution in [0.2, 0.25) is 0 Å². The highest BCUT2D eigenvalue weighted by Crippen LogP contribution is 2.36. The Morgan fingerprint density at radius 2 is 1.43 bits per heavy atom. The van der Waals surface area contributed by atoms with Gasteiger partial charge in [-0.25, -0.2) is 0 Å². The molecule has 0 saturated carbocycles. The van der Waals surface area contributed by atoms with Crippen molar-refractivity contribution in [3.05, 3.63) is 90.0 Å². The van der Waals surface area contributed by atoms with E-state index in [2.05, 4.69) is 5.32 Å². The molecule has 0 aromatic heterocycles. The molecule has 2 N–H and O–H groups in total. The fourth-order valence-electron chi connectivity index (χ4n) is 3.46. The predicted octanol–water partition coefficient (Wildman–Crippen LogP) is 5.15. The maximum absolute atomic E-state index is 8.88. The number of rotatable bonds is 5. The summed E-state index contributed by atoms with van der Waals surface area (Å²) in [7, 11) is -0.444. The highest BCUT2D eigenvalue weighted by Gasteiger charge is 2.51. The van der Waals surface area contributed by atoms with Crippen molar-refractivity contribution in [3.63, 3.8) is 0 Å². The fourth-order valence-corrected chi connectivity index (χ4v) is 3.46. The molecule has 0 atom stereocenters. The lowest BCUT2D eigenvalue weighted by Crippen LogP contribution is -2.41. The smallest absolute Gasteiger partial charge is 0.399 e. The minimum Gasteiger partial charge on any atom is -0.399 e. The van der Waals surface area contributed by atoms with Gasteiger partial charge in [0.25, 0.3) is 0 Å². The quantitative estimate of drug-likeness (QED) is 0.462. The molecule has 0 spiro atoms. The second-order valence-electron chi connectivity index (χ2n) is 8.63. The summed E-state index contributed by atoms with van der Waals surface area (Å²) in [5.41, 5.74) is 4.13. The first kappa shape index (κ1) is 20.4. The number of benzene rings is 3. The van der Waals surface area contributed by atoms with Crippen LogP contribution in [0, 0.1) is 5.41 Å². The minimum absolute atomic E-state index is 0.395. The lowest BCUT2D eigenvalue weighted by atomic mass is 9.78. The van der Waals surface area contributed by atoms with Gasteiger partial charge in [0.2, 0.25) is 0 Å². The lowest BCUT2D eigenvalue weighted by Gasteiger charge is -2.32. The highest BCUT2D eigenvalue weighted by molar-refractivity contribution is 6.62. The SMILES string of the molecule is CC1(C)OB(c2cccc(C(=N)c3ccccc3Nc3ccccc3)c2)OC1(C)C. The molecule has 0 radical (unpaired) electrons. The Morgan fingerprint density at radius 3 is 2.13 bits per heavy atom. The largest absolute Gasteiger partial charge is 0.494 e. The van der Waals surface area contributed by atoms with Gasteiger partial charge in [0.15, 0.2) is 0 Å². The highest BCUT2D eigenvalue weighted by atomic mass is 16.7. The molecule has 1 heterocycles. The second kappa shape index (κ2) is 7.75. The Balaban J connectivity index is 1.62. The van der Waals surface area contributed by atoms with Gasteiger partial charge >= 0.3 is 7.12 Å². The molecule has 1 aliphatic heterocycles. The van der Waals surface area contributed by atoms with Crippen LogP contribution in [-0.2, 0) is 9.31 Å². The van der Waals surface area contributed by atoms with Gasteiger partial charge in [0.1, 0.15) is 0 Å². The molecule has 4 nitrogen and oxygen atoms in total. The molecule has 1 saturated heterocycles. The molecule has 0 aliphatic carbocycles. The first-order valence-corrected chi connectivity index (χ1v) is 10.2. The summed E-state index contributed by atoms with van der Waals surface area (Å²) < 4.78 is 12.4. The van der Waals surface area contributed by atoms with Crippen molar-refractivity contribution in [2.45, 2.75) is 38.9 Å². The van der Waals surface area contributed by atoms with E-state index in [4.69, 9.17) is 14.7 Å². The number of hydrogen-bond donors (Lipinski definition) is 2. The molecule has 0 unspecified atom stereocenters. The van der Waals surface area contributed by atoms with Crippen LogP contribution in [-0.4, -0.2) is 24.0 Å². The summed E-state index contributed by atoms with van der Waals surface area (Å²) in [4.78, 5) is 0. The first-order chi connectivity index (χ1) is 14.3. The normalized spacial score (nSPS) is 17.0. The Kier molecular flexibility index (Phi) is 5.26. The van der Waals surface area contributed by atoms with E-state index < -0.39 is 18.3 Å². The second-order valence-corrected chi connectivity index (χ2v) is 8.63. The summed E-state index contributed by atoms with van der Waals surface area (Å²) >= 11 is 0. The molecule has 1 aliphatic rings. The van der Waals surface area contributed by atoms with Gasteiger partial charge in [-0.1, -0.05) is 60.7 Å². The molecule has 0 amide bonds. The van der Waals surface area contributed by atoms with Gasteiger partial charge in [0, 0.05) is 16.9 Å². The summed E-state index contributed by atoms with van der Waals surface area (Å²) in [6.07, 6.45) is 0. The monoisotopic (exact) mass is 398 g/mol. The number of anilines is 2. The summed E-state index contributed by atoms with van der Waals surface area (Å²) in [5, 5.41) is 12.3. The lowest BCUT2D eigenvalue weighted by molar-refractivity contribution is 0.00578. The predicted molar refractivity (Wildman–Crippen MR) is 124 cm³/mol. The van der Waals surface area contributed by atoms with E-state index in [1.165, 1.54) is 0 Å². The van der Waals surface area contributed by atoms with E-state index in [1.807, 2.05) is 107 Å². The zero-order valence-electron chi connectivity index (χ0n) is 17.9. The van der Waals surface area contributed by atoms with Crippen molar-refractivity contribution in [2.75, 3.05) is 5.32 Å². The van der Waals surface area contributed by atoms with Crippen LogP contribution in [0.3, 0.4) is 0 Å². The van der Waals surface area contributed by atoms with Gasteiger partial charge in [-0.15, -0.1) is 0 Å². The van der Waals surface area contributed by atoms with E-state index in [9.17, 15) is 0 Å². The zero-order valence-corrected chi connectivity index (χ0v) is 17.9. The maximum atomic E-state index is 8.88. The topological polar surface area (TPSA) is 54.3 Å². The van der Waals surface area contributed by atoms with Crippen LogP contribution in [0.25, 0.3) is 0 Å². The van der Waals surface area contributed by atoms with Gasteiger partial charge in [-0.2, -0.15) is 0 Å². The Morgan fingerprint density at radius 1 is 0.800 bits per heavy atom. The van der Waals surface area contributed by atoms with E-state index in [1.54, 1.807) is 0 Å². The van der Waals surface area contributed by atoms with Crippen LogP contribution in [0.1, 0.15) is 38.8 Å². The molecule has 3 aromatic rings. The molecule has 3 aromatic carbocycles. The van der Waals surface area contributed by atoms with Crippen molar-refractivity contribution in [1.82, 2.24) is 0 Å². The third-order valence-electron chi connectivity index (χ3n) is 5.95. The Labute approximate surface area is 178 Å². The molecule has 30 heavy (non-hydrogen) atoms. The minimum atomic E-state index is -0.444. The van der Waals surface area contributed by atoms with E-state index in [-0.39, 0.29) is 0 Å². The molecule has 152 valence electrons.